The van der Waals surface area contributed by atoms with E-state index in [2.05, 4.69) is 25.1 Å². The van der Waals surface area contributed by atoms with Crippen molar-refractivity contribution in [2.24, 2.45) is 0 Å². The Morgan fingerprint density at radius 1 is 1.28 bits per heavy atom. The molecule has 1 atom stereocenters. The largest absolute Gasteiger partial charge is 0.368 e. The smallest absolute Gasteiger partial charge is 0.168 e. The van der Waals surface area contributed by atoms with Crippen LogP contribution in [0, 0.1) is 13.8 Å². The first kappa shape index (κ1) is 14.9. The van der Waals surface area contributed by atoms with Crippen molar-refractivity contribution in [1.82, 2.24) is 0 Å². The highest BCUT2D eigenvalue weighted by Gasteiger charge is 2.31. The lowest BCUT2D eigenvalue weighted by atomic mass is 9.90. The van der Waals surface area contributed by atoms with Crippen LogP contribution in [0.25, 0.3) is 0 Å². The number of ether oxygens (including phenoxy) is 1. The number of hydrogen-bond donors (Lipinski definition) is 0. The molecule has 0 aliphatic rings. The SMILES string of the molecule is CCOC(C)(CC)C(=O)Cc1cc(C)ccc1C. The Bertz CT molecular complexity index is 423. The number of hydrogen-bond acceptors (Lipinski definition) is 2. The van der Waals surface area contributed by atoms with E-state index >= 15 is 0 Å². The minimum atomic E-state index is -0.648. The van der Waals surface area contributed by atoms with Crippen LogP contribution in [0.5, 0.6) is 0 Å². The Balaban J connectivity index is 2.89. The predicted octanol–water partition coefficient (Wildman–Crippen LogP) is 3.62. The average Bonchev–Trinajstić information content (AvgIpc) is 2.34. The monoisotopic (exact) mass is 248 g/mol. The van der Waals surface area contributed by atoms with Crippen LogP contribution in [0.3, 0.4) is 0 Å². The van der Waals surface area contributed by atoms with Crippen molar-refractivity contribution in [2.45, 2.75) is 53.1 Å². The van der Waals surface area contributed by atoms with Gasteiger partial charge < -0.3 is 4.74 Å². The van der Waals surface area contributed by atoms with Gasteiger partial charge >= 0.3 is 0 Å². The van der Waals surface area contributed by atoms with Gasteiger partial charge in [0.15, 0.2) is 5.78 Å². The van der Waals surface area contributed by atoms with Gasteiger partial charge in [0.1, 0.15) is 5.60 Å². The third-order valence-electron chi connectivity index (χ3n) is 3.58. The van der Waals surface area contributed by atoms with Crippen molar-refractivity contribution < 1.29 is 9.53 Å². The molecule has 1 aromatic carbocycles. The van der Waals surface area contributed by atoms with Crippen molar-refractivity contribution in [3.05, 3.63) is 34.9 Å². The van der Waals surface area contributed by atoms with E-state index < -0.39 is 5.60 Å². The van der Waals surface area contributed by atoms with Crippen LogP contribution in [-0.4, -0.2) is 18.0 Å². The zero-order valence-corrected chi connectivity index (χ0v) is 12.2. The Hall–Kier alpha value is -1.15. The molecule has 0 amide bonds. The normalized spacial score (nSPS) is 14.3. The van der Waals surface area contributed by atoms with Crippen molar-refractivity contribution >= 4 is 5.78 Å². The van der Waals surface area contributed by atoms with Gasteiger partial charge in [-0.05, 0) is 45.2 Å². The van der Waals surface area contributed by atoms with Crippen LogP contribution in [0.4, 0.5) is 0 Å². The molecule has 0 radical (unpaired) electrons. The summed E-state index contributed by atoms with van der Waals surface area (Å²) in [4.78, 5) is 12.4. The second kappa shape index (κ2) is 6.14. The number of Topliss-reactive ketones (excluding diaryl/α,β-unsaturated/α-hetero) is 1. The Kier molecular flexibility index (Phi) is 5.09. The highest BCUT2D eigenvalue weighted by Crippen LogP contribution is 2.21. The van der Waals surface area contributed by atoms with Crippen LogP contribution >= 0.6 is 0 Å². The average molecular weight is 248 g/mol. The van der Waals surface area contributed by atoms with Gasteiger partial charge in [0.2, 0.25) is 0 Å². The highest BCUT2D eigenvalue weighted by atomic mass is 16.5. The molecule has 2 heteroatoms. The van der Waals surface area contributed by atoms with Crippen molar-refractivity contribution in [3.63, 3.8) is 0 Å². The van der Waals surface area contributed by atoms with Gasteiger partial charge in [-0.3, -0.25) is 4.79 Å². The van der Waals surface area contributed by atoms with Crippen molar-refractivity contribution in [2.75, 3.05) is 6.61 Å². The van der Waals surface area contributed by atoms with E-state index in [9.17, 15) is 4.79 Å². The van der Waals surface area contributed by atoms with E-state index in [0.717, 1.165) is 5.56 Å². The van der Waals surface area contributed by atoms with Crippen LogP contribution < -0.4 is 0 Å². The standard InChI is InChI=1S/C16H24O2/c1-6-16(5,18-7-2)15(17)11-14-10-12(3)8-9-13(14)4/h8-10H,6-7,11H2,1-5H3. The molecule has 0 spiro atoms. The molecule has 0 aromatic heterocycles. The maximum atomic E-state index is 12.4. The molecule has 1 aromatic rings. The van der Waals surface area contributed by atoms with E-state index in [1.807, 2.05) is 27.7 Å². The first-order chi connectivity index (χ1) is 8.42. The summed E-state index contributed by atoms with van der Waals surface area (Å²) in [5.74, 6) is 0.167. The lowest BCUT2D eigenvalue weighted by molar-refractivity contribution is -0.141. The fraction of sp³-hybridized carbons (Fsp3) is 0.562. The van der Waals surface area contributed by atoms with Crippen LogP contribution in [-0.2, 0) is 16.0 Å². The first-order valence-corrected chi connectivity index (χ1v) is 6.66. The minimum absolute atomic E-state index is 0.167. The molecule has 0 saturated heterocycles. The zero-order valence-electron chi connectivity index (χ0n) is 12.2. The third-order valence-corrected chi connectivity index (χ3v) is 3.58. The molecule has 1 rings (SSSR count). The number of aryl methyl sites for hydroxylation is 2. The molecule has 0 fully saturated rings. The zero-order chi connectivity index (χ0) is 13.8. The maximum Gasteiger partial charge on any atom is 0.168 e. The molecule has 2 nitrogen and oxygen atoms in total. The number of ketones is 1. The second-order valence-electron chi connectivity index (χ2n) is 5.05. The first-order valence-electron chi connectivity index (χ1n) is 6.66. The summed E-state index contributed by atoms with van der Waals surface area (Å²) in [6.45, 7) is 10.5. The summed E-state index contributed by atoms with van der Waals surface area (Å²) in [5, 5.41) is 0. The Morgan fingerprint density at radius 2 is 1.94 bits per heavy atom. The quantitative estimate of drug-likeness (QED) is 0.768. The van der Waals surface area contributed by atoms with Gasteiger partial charge in [-0.25, -0.2) is 0 Å². The molecule has 0 saturated carbocycles. The summed E-state index contributed by atoms with van der Waals surface area (Å²) in [7, 11) is 0. The number of benzene rings is 1. The summed E-state index contributed by atoms with van der Waals surface area (Å²) in [5.41, 5.74) is 2.83. The topological polar surface area (TPSA) is 26.3 Å². The Morgan fingerprint density at radius 3 is 2.50 bits per heavy atom. The number of carbonyl (C=O) groups excluding carboxylic acids is 1. The second-order valence-corrected chi connectivity index (χ2v) is 5.05. The molecule has 100 valence electrons. The summed E-state index contributed by atoms with van der Waals surface area (Å²) < 4.78 is 5.63. The van der Waals surface area contributed by atoms with Crippen molar-refractivity contribution in [3.8, 4) is 0 Å². The van der Waals surface area contributed by atoms with Gasteiger partial charge in [0, 0.05) is 13.0 Å². The predicted molar refractivity (Wildman–Crippen MR) is 74.9 cm³/mol. The molecule has 0 aliphatic carbocycles. The van der Waals surface area contributed by atoms with E-state index in [1.54, 1.807) is 0 Å². The number of carbonyl (C=O) groups is 1. The molecular formula is C16H24O2. The molecular weight excluding hydrogens is 224 g/mol. The van der Waals surface area contributed by atoms with Gasteiger partial charge in [-0.1, -0.05) is 30.7 Å². The highest BCUT2D eigenvalue weighted by molar-refractivity contribution is 5.89. The summed E-state index contributed by atoms with van der Waals surface area (Å²) in [6, 6.07) is 6.24. The Labute approximate surface area is 110 Å². The molecule has 0 aliphatic heterocycles. The van der Waals surface area contributed by atoms with Gasteiger partial charge in [0.05, 0.1) is 0 Å². The van der Waals surface area contributed by atoms with E-state index in [-0.39, 0.29) is 5.78 Å². The fourth-order valence-corrected chi connectivity index (χ4v) is 2.05. The molecule has 0 bridgehead atoms. The van der Waals surface area contributed by atoms with Gasteiger partial charge in [0.25, 0.3) is 0 Å². The fourth-order valence-electron chi connectivity index (χ4n) is 2.05. The molecule has 18 heavy (non-hydrogen) atoms. The van der Waals surface area contributed by atoms with Crippen LogP contribution in [0.1, 0.15) is 43.9 Å². The minimum Gasteiger partial charge on any atom is -0.368 e. The van der Waals surface area contributed by atoms with E-state index in [0.29, 0.717) is 19.4 Å². The lowest BCUT2D eigenvalue weighted by Gasteiger charge is -2.27. The lowest BCUT2D eigenvalue weighted by Crippen LogP contribution is -2.39. The van der Waals surface area contributed by atoms with E-state index in [4.69, 9.17) is 4.74 Å². The van der Waals surface area contributed by atoms with Crippen LogP contribution in [0.2, 0.25) is 0 Å². The van der Waals surface area contributed by atoms with Crippen LogP contribution in [0.15, 0.2) is 18.2 Å². The molecule has 1 unspecified atom stereocenters. The molecule has 0 heterocycles. The third kappa shape index (κ3) is 3.42. The number of rotatable bonds is 6. The van der Waals surface area contributed by atoms with E-state index in [1.165, 1.54) is 11.1 Å². The van der Waals surface area contributed by atoms with Gasteiger partial charge in [-0.2, -0.15) is 0 Å². The van der Waals surface area contributed by atoms with Crippen molar-refractivity contribution in [1.29, 1.82) is 0 Å². The van der Waals surface area contributed by atoms with Gasteiger partial charge in [-0.15, -0.1) is 0 Å². The molecule has 0 N–H and O–H groups in total. The summed E-state index contributed by atoms with van der Waals surface area (Å²) in [6.07, 6.45) is 1.17. The summed E-state index contributed by atoms with van der Waals surface area (Å²) >= 11 is 0. The maximum absolute atomic E-state index is 12.4.